The molecule has 0 saturated carbocycles. The molecule has 24 heavy (non-hydrogen) atoms. The van der Waals surface area contributed by atoms with Crippen molar-refractivity contribution in [2.45, 2.75) is 0 Å². The van der Waals surface area contributed by atoms with Gasteiger partial charge in [0.05, 0.1) is 4.92 Å². The van der Waals surface area contributed by atoms with Gasteiger partial charge in [-0.05, 0) is 48.0 Å². The molecule has 0 aliphatic carbocycles. The van der Waals surface area contributed by atoms with Gasteiger partial charge in [-0.2, -0.15) is 0 Å². The van der Waals surface area contributed by atoms with Crippen LogP contribution in [0.1, 0.15) is 15.9 Å². The zero-order chi connectivity index (χ0) is 17.5. The highest BCUT2D eigenvalue weighted by Gasteiger charge is 2.06. The minimum Gasteiger partial charge on any atom is -0.426 e. The Balaban J connectivity index is 2.03. The van der Waals surface area contributed by atoms with E-state index in [1.807, 2.05) is 0 Å². The van der Waals surface area contributed by atoms with Gasteiger partial charge in [-0.15, -0.1) is 11.6 Å². The van der Waals surface area contributed by atoms with Gasteiger partial charge in [-0.25, -0.2) is 0 Å². The number of benzene rings is 2. The number of non-ortho nitro benzene ring substituents is 1. The van der Waals surface area contributed by atoms with E-state index in [0.29, 0.717) is 16.9 Å². The van der Waals surface area contributed by atoms with Crippen LogP contribution in [0, 0.1) is 10.1 Å². The average molecular weight is 346 g/mol. The summed E-state index contributed by atoms with van der Waals surface area (Å²) in [6, 6.07) is 11.9. The molecule has 0 amide bonds. The number of halogens is 1. The topological polar surface area (TPSA) is 86.5 Å². The van der Waals surface area contributed by atoms with Gasteiger partial charge in [0.2, 0.25) is 0 Å². The number of hydrogen-bond acceptors (Lipinski definition) is 5. The molecule has 0 atom stereocenters. The number of allylic oxidation sites excluding steroid dienone is 1. The van der Waals surface area contributed by atoms with E-state index in [2.05, 4.69) is 0 Å². The van der Waals surface area contributed by atoms with Crippen molar-refractivity contribution in [1.82, 2.24) is 0 Å². The summed E-state index contributed by atoms with van der Waals surface area (Å²) in [6.07, 6.45) is 2.93. The number of ether oxygens (including phenoxy) is 1. The van der Waals surface area contributed by atoms with Crippen LogP contribution in [0.4, 0.5) is 5.69 Å². The highest BCUT2D eigenvalue weighted by Crippen LogP contribution is 2.15. The average Bonchev–Trinajstić information content (AvgIpc) is 2.60. The Kier molecular flexibility index (Phi) is 5.81. The molecule has 0 aliphatic heterocycles. The van der Waals surface area contributed by atoms with Crippen molar-refractivity contribution >= 4 is 35.1 Å². The van der Waals surface area contributed by atoms with Gasteiger partial charge < -0.3 is 4.74 Å². The first-order valence-corrected chi connectivity index (χ1v) is 7.36. The number of carbonyl (C=O) groups excluding carboxylic acids is 2. The van der Waals surface area contributed by atoms with Crippen molar-refractivity contribution < 1.29 is 19.2 Å². The summed E-state index contributed by atoms with van der Waals surface area (Å²) in [6.45, 7) is 0. The van der Waals surface area contributed by atoms with Crippen LogP contribution in [0.25, 0.3) is 6.08 Å². The van der Waals surface area contributed by atoms with Crippen LogP contribution in [0.5, 0.6) is 5.75 Å². The van der Waals surface area contributed by atoms with E-state index in [1.54, 1.807) is 18.2 Å². The van der Waals surface area contributed by atoms with Crippen molar-refractivity contribution in [2.75, 3.05) is 5.88 Å². The Morgan fingerprint density at radius 2 is 1.71 bits per heavy atom. The number of carbonyl (C=O) groups is 2. The monoisotopic (exact) mass is 345 g/mol. The summed E-state index contributed by atoms with van der Waals surface area (Å²) in [5.41, 5.74) is 1.07. The number of rotatable bonds is 6. The zero-order valence-corrected chi connectivity index (χ0v) is 13.1. The van der Waals surface area contributed by atoms with Crippen molar-refractivity contribution in [2.24, 2.45) is 0 Å². The number of nitrogens with zero attached hydrogens (tertiary/aromatic N) is 1. The molecule has 0 spiro atoms. The normalized spacial score (nSPS) is 10.5. The number of alkyl halides is 1. The molecule has 6 nitrogen and oxygen atoms in total. The number of ketones is 1. The van der Waals surface area contributed by atoms with Gasteiger partial charge in [0, 0.05) is 17.7 Å². The lowest BCUT2D eigenvalue weighted by Crippen LogP contribution is -2.08. The van der Waals surface area contributed by atoms with Crippen molar-refractivity contribution in [3.05, 3.63) is 75.8 Å². The van der Waals surface area contributed by atoms with Crippen LogP contribution >= 0.6 is 11.6 Å². The number of nitro benzene ring substituents is 1. The van der Waals surface area contributed by atoms with E-state index in [1.165, 1.54) is 42.5 Å². The summed E-state index contributed by atoms with van der Waals surface area (Å²) < 4.78 is 4.90. The van der Waals surface area contributed by atoms with Crippen LogP contribution in [0.3, 0.4) is 0 Å². The predicted octanol–water partition coefficient (Wildman–Crippen LogP) is 3.64. The van der Waals surface area contributed by atoms with Gasteiger partial charge in [0.1, 0.15) is 11.6 Å². The second kappa shape index (κ2) is 8.03. The van der Waals surface area contributed by atoms with Gasteiger partial charge in [0.15, 0.2) is 5.78 Å². The van der Waals surface area contributed by atoms with E-state index < -0.39 is 10.9 Å². The highest BCUT2D eigenvalue weighted by atomic mass is 35.5. The molecule has 0 aliphatic rings. The maximum atomic E-state index is 12.1. The SMILES string of the molecule is O=C(CCl)Oc1ccc(C(=O)C=Cc2ccc([N+](=O)[O-])cc2)cc1. The number of hydrogen-bond donors (Lipinski definition) is 0. The molecule has 0 radical (unpaired) electrons. The minimum atomic E-state index is -0.575. The quantitative estimate of drug-likeness (QED) is 0.152. The van der Waals surface area contributed by atoms with E-state index >= 15 is 0 Å². The second-order valence-corrected chi connectivity index (χ2v) is 4.95. The fraction of sp³-hybridized carbons (Fsp3) is 0.0588. The third-order valence-electron chi connectivity index (χ3n) is 3.01. The smallest absolute Gasteiger partial charge is 0.326 e. The Labute approximate surface area is 142 Å². The molecular weight excluding hydrogens is 334 g/mol. The molecule has 7 heteroatoms. The summed E-state index contributed by atoms with van der Waals surface area (Å²) in [5, 5.41) is 10.6. The van der Waals surface area contributed by atoms with Crippen molar-refractivity contribution in [1.29, 1.82) is 0 Å². The molecule has 2 rings (SSSR count). The van der Waals surface area contributed by atoms with Crippen LogP contribution in [0.15, 0.2) is 54.6 Å². The maximum absolute atomic E-state index is 12.1. The zero-order valence-electron chi connectivity index (χ0n) is 12.3. The molecular formula is C17H12ClNO5. The molecule has 0 saturated heterocycles. The molecule has 2 aromatic rings. The maximum Gasteiger partial charge on any atom is 0.326 e. The van der Waals surface area contributed by atoms with Crippen molar-refractivity contribution in [3.63, 3.8) is 0 Å². The number of esters is 1. The Hall–Kier alpha value is -2.99. The van der Waals surface area contributed by atoms with Gasteiger partial charge in [-0.1, -0.05) is 6.08 Å². The molecule has 0 heterocycles. The van der Waals surface area contributed by atoms with E-state index in [9.17, 15) is 19.7 Å². The predicted molar refractivity (Wildman–Crippen MR) is 89.3 cm³/mol. The third-order valence-corrected chi connectivity index (χ3v) is 3.23. The fourth-order valence-corrected chi connectivity index (χ4v) is 1.88. The lowest BCUT2D eigenvalue weighted by molar-refractivity contribution is -0.384. The second-order valence-electron chi connectivity index (χ2n) is 4.68. The summed E-state index contributed by atoms with van der Waals surface area (Å²) in [7, 11) is 0. The molecule has 0 unspecified atom stereocenters. The van der Waals surface area contributed by atoms with Crippen LogP contribution in [-0.2, 0) is 4.79 Å². The molecule has 0 N–H and O–H groups in total. The molecule has 122 valence electrons. The van der Waals surface area contributed by atoms with E-state index in [-0.39, 0.29) is 17.4 Å². The summed E-state index contributed by atoms with van der Waals surface area (Å²) >= 11 is 5.34. The molecule has 0 aromatic heterocycles. The summed E-state index contributed by atoms with van der Waals surface area (Å²) in [4.78, 5) is 33.2. The summed E-state index contributed by atoms with van der Waals surface area (Å²) in [5.74, 6) is -0.771. The Morgan fingerprint density at radius 3 is 2.25 bits per heavy atom. The van der Waals surface area contributed by atoms with Gasteiger partial charge in [0.25, 0.3) is 5.69 Å². The molecule has 0 fully saturated rings. The fourth-order valence-electron chi connectivity index (χ4n) is 1.82. The molecule has 0 bridgehead atoms. The van der Waals surface area contributed by atoms with Crippen LogP contribution < -0.4 is 4.74 Å². The van der Waals surface area contributed by atoms with Crippen molar-refractivity contribution in [3.8, 4) is 5.75 Å². The first kappa shape index (κ1) is 17.4. The Bertz CT molecular complexity index is 782. The number of nitro groups is 1. The van der Waals surface area contributed by atoms with Gasteiger partial charge in [-0.3, -0.25) is 19.7 Å². The highest BCUT2D eigenvalue weighted by molar-refractivity contribution is 6.26. The van der Waals surface area contributed by atoms with E-state index in [0.717, 1.165) is 0 Å². The van der Waals surface area contributed by atoms with Crippen LogP contribution in [-0.4, -0.2) is 22.6 Å². The van der Waals surface area contributed by atoms with Gasteiger partial charge >= 0.3 is 5.97 Å². The lowest BCUT2D eigenvalue weighted by Gasteiger charge is -2.02. The first-order valence-electron chi connectivity index (χ1n) is 6.83. The Morgan fingerprint density at radius 1 is 1.08 bits per heavy atom. The first-order chi connectivity index (χ1) is 11.5. The standard InChI is InChI=1S/C17H12ClNO5/c18-11-17(21)24-15-8-4-13(5-9-15)16(20)10-3-12-1-6-14(7-2-12)19(22)23/h1-10H,11H2. The minimum absolute atomic E-state index is 0.0134. The lowest BCUT2D eigenvalue weighted by atomic mass is 10.1. The van der Waals surface area contributed by atoms with E-state index in [4.69, 9.17) is 16.3 Å². The van der Waals surface area contributed by atoms with Crippen LogP contribution in [0.2, 0.25) is 0 Å². The largest absolute Gasteiger partial charge is 0.426 e. The third kappa shape index (κ3) is 4.76. The molecule has 2 aromatic carbocycles.